The molecular weight excluding hydrogens is 256 g/mol. The van der Waals surface area contributed by atoms with Crippen LogP contribution in [0.1, 0.15) is 45.4 Å². The van der Waals surface area contributed by atoms with Crippen LogP contribution in [0.25, 0.3) is 0 Å². The molecule has 1 N–H and O–H groups in total. The molecule has 100 valence electrons. The molecule has 0 atom stereocenters. The van der Waals surface area contributed by atoms with Crippen LogP contribution in [0.3, 0.4) is 0 Å². The Balaban J connectivity index is 2.12. The second-order valence-electron chi connectivity index (χ2n) is 4.22. The van der Waals surface area contributed by atoms with Gasteiger partial charge in [-0.05, 0) is 6.42 Å². The Morgan fingerprint density at radius 2 is 1.94 bits per heavy atom. The maximum absolute atomic E-state index is 11.7. The molecule has 0 radical (unpaired) electrons. The smallest absolute Gasteiger partial charge is 0.234 e. The van der Waals surface area contributed by atoms with E-state index in [0.29, 0.717) is 5.17 Å². The van der Waals surface area contributed by atoms with E-state index in [1.54, 1.807) is 0 Å². The van der Waals surface area contributed by atoms with E-state index in [-0.39, 0.29) is 5.75 Å². The van der Waals surface area contributed by atoms with Crippen LogP contribution >= 0.6 is 11.8 Å². The molecule has 0 amide bonds. The minimum absolute atomic E-state index is 0.221. The quantitative estimate of drug-likeness (QED) is 0.693. The van der Waals surface area contributed by atoms with Crippen molar-refractivity contribution >= 4 is 27.0 Å². The van der Waals surface area contributed by atoms with E-state index in [9.17, 15) is 8.42 Å². The van der Waals surface area contributed by atoms with Crippen molar-refractivity contribution in [3.05, 3.63) is 0 Å². The Kier molecular flexibility index (Phi) is 6.96. The van der Waals surface area contributed by atoms with Crippen LogP contribution in [0.4, 0.5) is 0 Å². The van der Waals surface area contributed by atoms with Crippen molar-refractivity contribution < 1.29 is 8.42 Å². The zero-order valence-corrected chi connectivity index (χ0v) is 12.1. The van der Waals surface area contributed by atoms with Crippen molar-refractivity contribution in [2.75, 3.05) is 18.1 Å². The summed E-state index contributed by atoms with van der Waals surface area (Å²) in [6, 6.07) is 0. The van der Waals surface area contributed by atoms with E-state index in [1.165, 1.54) is 31.0 Å². The van der Waals surface area contributed by atoms with Gasteiger partial charge in [-0.3, -0.25) is 9.71 Å². The van der Waals surface area contributed by atoms with E-state index < -0.39 is 10.0 Å². The van der Waals surface area contributed by atoms with Gasteiger partial charge in [-0.2, -0.15) is 0 Å². The van der Waals surface area contributed by atoms with Gasteiger partial charge in [0.2, 0.25) is 10.0 Å². The van der Waals surface area contributed by atoms with Crippen LogP contribution in [0.2, 0.25) is 0 Å². The summed E-state index contributed by atoms with van der Waals surface area (Å²) in [6.45, 7) is 2.90. The average Bonchev–Trinajstić information content (AvgIpc) is 2.75. The maximum atomic E-state index is 11.7. The van der Waals surface area contributed by atoms with Gasteiger partial charge in [0.05, 0.1) is 12.3 Å². The number of rotatable bonds is 8. The summed E-state index contributed by atoms with van der Waals surface area (Å²) in [5.41, 5.74) is 0. The Morgan fingerprint density at radius 1 is 1.24 bits per heavy atom. The third-order valence-electron chi connectivity index (χ3n) is 2.59. The molecule has 0 aromatic carbocycles. The van der Waals surface area contributed by atoms with E-state index in [2.05, 4.69) is 16.6 Å². The van der Waals surface area contributed by atoms with Crippen molar-refractivity contribution in [2.45, 2.75) is 45.4 Å². The number of amidine groups is 1. The normalized spacial score (nSPS) is 15.9. The fraction of sp³-hybridized carbons (Fsp3) is 0.909. The zero-order chi connectivity index (χ0) is 12.6. The van der Waals surface area contributed by atoms with Crippen LogP contribution in [0, 0.1) is 0 Å². The first kappa shape index (κ1) is 14.8. The number of hydrogen-bond donors (Lipinski definition) is 1. The number of aliphatic imine (C=N–C) groups is 1. The fourth-order valence-corrected chi connectivity index (χ4v) is 3.85. The van der Waals surface area contributed by atoms with Crippen LogP contribution in [0.15, 0.2) is 4.99 Å². The Morgan fingerprint density at radius 3 is 2.59 bits per heavy atom. The van der Waals surface area contributed by atoms with Crippen molar-refractivity contribution in [1.82, 2.24) is 4.72 Å². The van der Waals surface area contributed by atoms with Gasteiger partial charge in [0.25, 0.3) is 0 Å². The van der Waals surface area contributed by atoms with Gasteiger partial charge in [0, 0.05) is 5.75 Å². The first-order valence-corrected chi connectivity index (χ1v) is 8.95. The van der Waals surface area contributed by atoms with Gasteiger partial charge in [0.15, 0.2) is 5.17 Å². The van der Waals surface area contributed by atoms with Crippen LogP contribution in [0.5, 0.6) is 0 Å². The SMILES string of the molecule is CCCCCCCCS(=O)(=O)NC1=NCCS1. The largest absolute Gasteiger partial charge is 0.262 e. The number of nitrogens with one attached hydrogen (secondary N) is 1. The minimum atomic E-state index is -3.16. The van der Waals surface area contributed by atoms with Crippen LogP contribution in [-0.2, 0) is 10.0 Å². The van der Waals surface area contributed by atoms with Crippen LogP contribution in [-0.4, -0.2) is 31.6 Å². The average molecular weight is 278 g/mol. The molecule has 0 spiro atoms. The third-order valence-corrected chi connectivity index (χ3v) is 4.95. The number of nitrogens with zero attached hydrogens (tertiary/aromatic N) is 1. The van der Waals surface area contributed by atoms with Gasteiger partial charge < -0.3 is 0 Å². The summed E-state index contributed by atoms with van der Waals surface area (Å²) in [7, 11) is -3.16. The number of hydrogen-bond acceptors (Lipinski definition) is 4. The van der Waals surface area contributed by atoms with Gasteiger partial charge in [-0.15, -0.1) is 0 Å². The van der Waals surface area contributed by atoms with Crippen molar-refractivity contribution in [3.8, 4) is 0 Å². The molecule has 6 heteroatoms. The minimum Gasteiger partial charge on any atom is -0.262 e. The highest BCUT2D eigenvalue weighted by atomic mass is 32.2. The molecule has 1 rings (SSSR count). The van der Waals surface area contributed by atoms with Crippen molar-refractivity contribution in [1.29, 1.82) is 0 Å². The number of unbranched alkanes of at least 4 members (excludes halogenated alkanes) is 5. The van der Waals surface area contributed by atoms with Gasteiger partial charge in [-0.1, -0.05) is 50.8 Å². The molecule has 17 heavy (non-hydrogen) atoms. The lowest BCUT2D eigenvalue weighted by Crippen LogP contribution is -2.29. The molecule has 0 fully saturated rings. The van der Waals surface area contributed by atoms with Gasteiger partial charge in [0.1, 0.15) is 0 Å². The molecule has 1 aliphatic rings. The fourth-order valence-electron chi connectivity index (χ4n) is 1.65. The first-order chi connectivity index (χ1) is 8.14. The summed E-state index contributed by atoms with van der Waals surface area (Å²) >= 11 is 1.48. The van der Waals surface area contributed by atoms with Crippen molar-refractivity contribution in [3.63, 3.8) is 0 Å². The monoisotopic (exact) mass is 278 g/mol. The molecule has 1 heterocycles. The molecule has 0 aliphatic carbocycles. The summed E-state index contributed by atoms with van der Waals surface area (Å²) in [5, 5.41) is 0.566. The Bertz CT molecular complexity index is 339. The third kappa shape index (κ3) is 6.93. The maximum Gasteiger partial charge on any atom is 0.234 e. The highest BCUT2D eigenvalue weighted by molar-refractivity contribution is 8.15. The lowest BCUT2D eigenvalue weighted by Gasteiger charge is -2.06. The van der Waals surface area contributed by atoms with E-state index in [4.69, 9.17) is 0 Å². The van der Waals surface area contributed by atoms with E-state index in [0.717, 1.165) is 31.6 Å². The standard InChI is InChI=1S/C11H22N2O2S2/c1-2-3-4-5-6-7-10-17(14,15)13-11-12-8-9-16-11/h2-10H2,1H3,(H,12,13). The molecule has 0 aromatic heterocycles. The first-order valence-electron chi connectivity index (χ1n) is 6.32. The Labute approximate surface area is 109 Å². The number of thioether (sulfide) groups is 1. The lowest BCUT2D eigenvalue weighted by atomic mass is 10.1. The molecule has 0 bridgehead atoms. The summed E-state index contributed by atoms with van der Waals surface area (Å²) in [6.07, 6.45) is 6.57. The lowest BCUT2D eigenvalue weighted by molar-refractivity contribution is 0.581. The summed E-state index contributed by atoms with van der Waals surface area (Å²) < 4.78 is 25.9. The molecule has 0 aromatic rings. The topological polar surface area (TPSA) is 58.5 Å². The van der Waals surface area contributed by atoms with Crippen molar-refractivity contribution in [2.24, 2.45) is 4.99 Å². The Hall–Kier alpha value is -0.230. The zero-order valence-electron chi connectivity index (χ0n) is 10.4. The highest BCUT2D eigenvalue weighted by Crippen LogP contribution is 2.11. The predicted molar refractivity (Wildman–Crippen MR) is 75.1 cm³/mol. The molecule has 0 unspecified atom stereocenters. The summed E-state index contributed by atoms with van der Waals surface area (Å²) in [5.74, 6) is 1.10. The predicted octanol–water partition coefficient (Wildman–Crippen LogP) is 2.37. The van der Waals surface area contributed by atoms with E-state index in [1.807, 2.05) is 0 Å². The van der Waals surface area contributed by atoms with E-state index >= 15 is 0 Å². The number of sulfonamides is 1. The molecule has 1 aliphatic heterocycles. The molecule has 0 saturated heterocycles. The highest BCUT2D eigenvalue weighted by Gasteiger charge is 2.15. The molecule has 0 saturated carbocycles. The molecular formula is C11H22N2O2S2. The second-order valence-corrected chi connectivity index (χ2v) is 7.15. The summed E-state index contributed by atoms with van der Waals surface area (Å²) in [4.78, 5) is 4.08. The van der Waals surface area contributed by atoms with Crippen LogP contribution < -0.4 is 4.72 Å². The second kappa shape index (κ2) is 7.97. The molecule has 4 nitrogen and oxygen atoms in total. The van der Waals surface area contributed by atoms with Gasteiger partial charge in [-0.25, -0.2) is 8.42 Å². The van der Waals surface area contributed by atoms with Gasteiger partial charge >= 0.3 is 0 Å².